The third-order valence-electron chi connectivity index (χ3n) is 3.60. The number of nitrogens with one attached hydrogen (secondary N) is 2. The second-order valence-electron chi connectivity index (χ2n) is 5.23. The lowest BCUT2D eigenvalue weighted by molar-refractivity contribution is -0.127. The second-order valence-corrected chi connectivity index (χ2v) is 6.25. The van der Waals surface area contributed by atoms with Crippen molar-refractivity contribution in [1.29, 1.82) is 0 Å². The molecule has 1 aliphatic rings. The molecule has 0 spiro atoms. The minimum absolute atomic E-state index is 0.0908. The average molecular weight is 321 g/mol. The molecule has 6 heteroatoms. The molecular formula is C16H23N3O2S. The number of amides is 2. The number of thioether (sulfide) groups is 1. The van der Waals surface area contributed by atoms with Crippen LogP contribution in [0.25, 0.3) is 0 Å². The largest absolute Gasteiger partial charge is 0.351 e. The van der Waals surface area contributed by atoms with Gasteiger partial charge in [0, 0.05) is 31.1 Å². The first-order valence-corrected chi connectivity index (χ1v) is 8.63. The number of carbonyl (C=O) groups excluding carboxylic acids is 2. The van der Waals surface area contributed by atoms with Crippen LogP contribution in [0.5, 0.6) is 0 Å². The van der Waals surface area contributed by atoms with Gasteiger partial charge in [-0.3, -0.25) is 9.59 Å². The molecule has 5 nitrogen and oxygen atoms in total. The van der Waals surface area contributed by atoms with E-state index in [4.69, 9.17) is 0 Å². The van der Waals surface area contributed by atoms with Gasteiger partial charge in [0.1, 0.15) is 0 Å². The van der Waals surface area contributed by atoms with Gasteiger partial charge in [0.25, 0.3) is 5.91 Å². The number of carbonyl (C=O) groups is 2. The Balaban J connectivity index is 1.92. The van der Waals surface area contributed by atoms with Crippen LogP contribution >= 0.6 is 11.8 Å². The fraction of sp³-hybridized carbons (Fsp3) is 0.500. The summed E-state index contributed by atoms with van der Waals surface area (Å²) in [5.41, 5.74) is 0.637. The Labute approximate surface area is 135 Å². The molecule has 0 unspecified atom stereocenters. The van der Waals surface area contributed by atoms with Crippen molar-refractivity contribution in [3.05, 3.63) is 29.8 Å². The van der Waals surface area contributed by atoms with Gasteiger partial charge < -0.3 is 15.5 Å². The Hall–Kier alpha value is -1.53. The Bertz CT molecular complexity index is 516. The Morgan fingerprint density at radius 2 is 1.91 bits per heavy atom. The number of hydrogen-bond acceptors (Lipinski definition) is 4. The van der Waals surface area contributed by atoms with Crippen LogP contribution in [-0.2, 0) is 4.79 Å². The summed E-state index contributed by atoms with van der Waals surface area (Å²) in [5, 5.41) is 5.86. The minimum atomic E-state index is -0.0908. The summed E-state index contributed by atoms with van der Waals surface area (Å²) in [6.45, 7) is 3.05. The van der Waals surface area contributed by atoms with E-state index in [1.165, 1.54) is 11.8 Å². The van der Waals surface area contributed by atoms with Crippen LogP contribution in [0.15, 0.2) is 29.2 Å². The van der Waals surface area contributed by atoms with E-state index in [-0.39, 0.29) is 11.8 Å². The predicted molar refractivity (Wildman–Crippen MR) is 89.2 cm³/mol. The van der Waals surface area contributed by atoms with Crippen molar-refractivity contribution >= 4 is 23.6 Å². The van der Waals surface area contributed by atoms with E-state index in [0.29, 0.717) is 17.9 Å². The highest BCUT2D eigenvalue weighted by Gasteiger charge is 2.19. The van der Waals surface area contributed by atoms with Crippen LogP contribution in [0.4, 0.5) is 0 Å². The Morgan fingerprint density at radius 1 is 1.18 bits per heavy atom. The van der Waals surface area contributed by atoms with Crippen molar-refractivity contribution in [1.82, 2.24) is 15.5 Å². The fourth-order valence-corrected chi connectivity index (χ4v) is 3.33. The predicted octanol–water partition coefficient (Wildman–Crippen LogP) is 1.35. The smallest absolute Gasteiger partial charge is 0.252 e. The molecule has 1 aliphatic heterocycles. The van der Waals surface area contributed by atoms with Gasteiger partial charge in [-0.2, -0.15) is 0 Å². The highest BCUT2D eigenvalue weighted by Crippen LogP contribution is 2.23. The molecule has 2 rings (SSSR count). The summed E-state index contributed by atoms with van der Waals surface area (Å²) < 4.78 is 0. The molecule has 120 valence electrons. The van der Waals surface area contributed by atoms with Crippen LogP contribution in [0.2, 0.25) is 0 Å². The third-order valence-corrected chi connectivity index (χ3v) is 4.66. The molecule has 1 fully saturated rings. The molecule has 1 saturated heterocycles. The Morgan fingerprint density at radius 3 is 2.64 bits per heavy atom. The summed E-state index contributed by atoms with van der Waals surface area (Å²) in [6, 6.07) is 7.44. The van der Waals surface area contributed by atoms with Gasteiger partial charge in [-0.15, -0.1) is 11.8 Å². The fourth-order valence-electron chi connectivity index (χ4n) is 2.37. The maximum Gasteiger partial charge on any atom is 0.252 e. The molecule has 2 amide bonds. The van der Waals surface area contributed by atoms with E-state index in [2.05, 4.69) is 10.6 Å². The van der Waals surface area contributed by atoms with Crippen molar-refractivity contribution in [2.45, 2.75) is 17.7 Å². The number of rotatable bonds is 7. The first-order chi connectivity index (χ1) is 10.7. The van der Waals surface area contributed by atoms with Crippen LogP contribution in [-0.4, -0.2) is 55.7 Å². The first-order valence-electron chi connectivity index (χ1n) is 7.65. The monoisotopic (exact) mass is 321 g/mol. The zero-order valence-electron chi connectivity index (χ0n) is 12.9. The number of benzene rings is 1. The van der Waals surface area contributed by atoms with Crippen LogP contribution in [0, 0.1) is 0 Å². The van der Waals surface area contributed by atoms with E-state index < -0.39 is 0 Å². The minimum Gasteiger partial charge on any atom is -0.351 e. The summed E-state index contributed by atoms with van der Waals surface area (Å²) >= 11 is 1.44. The second kappa shape index (κ2) is 8.80. The Kier molecular flexibility index (Phi) is 6.74. The molecular weight excluding hydrogens is 298 g/mol. The topological polar surface area (TPSA) is 61.4 Å². The summed E-state index contributed by atoms with van der Waals surface area (Å²) in [5.74, 6) is 0.459. The van der Waals surface area contributed by atoms with Gasteiger partial charge in [0.15, 0.2) is 0 Å². The molecule has 0 bridgehead atoms. The van der Waals surface area contributed by atoms with Crippen molar-refractivity contribution in [2.75, 3.05) is 39.0 Å². The molecule has 22 heavy (non-hydrogen) atoms. The van der Waals surface area contributed by atoms with Gasteiger partial charge >= 0.3 is 0 Å². The average Bonchev–Trinajstić information content (AvgIpc) is 3.07. The van der Waals surface area contributed by atoms with Crippen molar-refractivity contribution < 1.29 is 9.59 Å². The quantitative estimate of drug-likeness (QED) is 0.588. The zero-order valence-corrected chi connectivity index (χ0v) is 13.7. The van der Waals surface area contributed by atoms with Crippen LogP contribution < -0.4 is 10.6 Å². The lowest BCUT2D eigenvalue weighted by Gasteiger charge is -2.15. The standard InChI is InChI=1S/C16H23N3O2S/c1-17-8-9-18-16(21)13-6-2-3-7-14(13)22-12-15(20)19-10-4-5-11-19/h2-3,6-7,17H,4-5,8-12H2,1H3,(H,18,21). The SMILES string of the molecule is CNCCNC(=O)c1ccccc1SCC(=O)N1CCCC1. The number of hydrogen-bond donors (Lipinski definition) is 2. The molecule has 1 aromatic carbocycles. The maximum absolute atomic E-state index is 12.2. The van der Waals surface area contributed by atoms with E-state index in [9.17, 15) is 9.59 Å². The molecule has 2 N–H and O–H groups in total. The van der Waals surface area contributed by atoms with E-state index in [1.54, 1.807) is 6.07 Å². The van der Waals surface area contributed by atoms with Crippen LogP contribution in [0.3, 0.4) is 0 Å². The highest BCUT2D eigenvalue weighted by molar-refractivity contribution is 8.00. The molecule has 0 saturated carbocycles. The van der Waals surface area contributed by atoms with Gasteiger partial charge in [-0.05, 0) is 32.0 Å². The maximum atomic E-state index is 12.2. The summed E-state index contributed by atoms with van der Waals surface area (Å²) in [7, 11) is 1.85. The van der Waals surface area contributed by atoms with Crippen molar-refractivity contribution in [3.8, 4) is 0 Å². The molecule has 1 heterocycles. The van der Waals surface area contributed by atoms with Crippen LogP contribution in [0.1, 0.15) is 23.2 Å². The lowest BCUT2D eigenvalue weighted by atomic mass is 10.2. The van der Waals surface area contributed by atoms with Crippen molar-refractivity contribution in [3.63, 3.8) is 0 Å². The van der Waals surface area contributed by atoms with Gasteiger partial charge in [0.05, 0.1) is 11.3 Å². The van der Waals surface area contributed by atoms with Gasteiger partial charge in [-0.25, -0.2) is 0 Å². The number of likely N-dealkylation sites (tertiary alicyclic amines) is 1. The van der Waals surface area contributed by atoms with Gasteiger partial charge in [0.2, 0.25) is 5.91 Å². The van der Waals surface area contributed by atoms with E-state index >= 15 is 0 Å². The zero-order chi connectivity index (χ0) is 15.8. The van der Waals surface area contributed by atoms with E-state index in [0.717, 1.165) is 37.4 Å². The molecule has 1 aromatic rings. The molecule has 0 radical (unpaired) electrons. The molecule has 0 atom stereocenters. The van der Waals surface area contributed by atoms with Gasteiger partial charge in [-0.1, -0.05) is 12.1 Å². The van der Waals surface area contributed by atoms with Crippen molar-refractivity contribution in [2.24, 2.45) is 0 Å². The lowest BCUT2D eigenvalue weighted by Crippen LogP contribution is -2.31. The normalized spacial score (nSPS) is 14.1. The third kappa shape index (κ3) is 4.74. The number of likely N-dealkylation sites (N-methyl/N-ethyl adjacent to an activating group) is 1. The first kappa shape index (κ1) is 16.8. The number of nitrogens with zero attached hydrogens (tertiary/aromatic N) is 1. The molecule has 0 aromatic heterocycles. The van der Waals surface area contributed by atoms with E-state index in [1.807, 2.05) is 30.1 Å². The summed E-state index contributed by atoms with van der Waals surface area (Å²) in [4.78, 5) is 27.1. The summed E-state index contributed by atoms with van der Waals surface area (Å²) in [6.07, 6.45) is 2.20. The highest BCUT2D eigenvalue weighted by atomic mass is 32.2. The molecule has 0 aliphatic carbocycles.